The van der Waals surface area contributed by atoms with Gasteiger partial charge in [-0.05, 0) is 128 Å². The van der Waals surface area contributed by atoms with Crippen LogP contribution in [0.3, 0.4) is 0 Å². The Kier molecular flexibility index (Phi) is 14.9. The summed E-state index contributed by atoms with van der Waals surface area (Å²) >= 11 is 0. The number of rotatable bonds is 8. The summed E-state index contributed by atoms with van der Waals surface area (Å²) in [5.74, 6) is -4.01. The number of hydrogen-bond acceptors (Lipinski definition) is 5. The Bertz CT molecular complexity index is 2570. The highest BCUT2D eigenvalue weighted by Crippen LogP contribution is 2.35. The smallest absolute Gasteiger partial charge is 0.419 e. The molecule has 7 rings (SSSR count). The first-order chi connectivity index (χ1) is 30.9. The molecule has 0 aromatic heterocycles. The highest BCUT2D eigenvalue weighted by molar-refractivity contribution is 5.94. The first-order valence-corrected chi connectivity index (χ1v) is 20.9. The molecule has 8 nitrogen and oxygen atoms in total. The molecule has 2 aliphatic heterocycles. The lowest BCUT2D eigenvalue weighted by Crippen LogP contribution is -2.40. The maximum absolute atomic E-state index is 13.8. The maximum Gasteiger partial charge on any atom is 0.419 e. The molecular formula is C49H47F9N4O4. The molecule has 17 heteroatoms. The van der Waals surface area contributed by atoms with Crippen LogP contribution in [0.2, 0.25) is 0 Å². The Morgan fingerprint density at radius 1 is 0.636 bits per heavy atom. The zero-order valence-corrected chi connectivity index (χ0v) is 36.4. The minimum Gasteiger partial charge on any atom is -0.444 e. The number of hydrogen-bond donors (Lipinski definition) is 2. The monoisotopic (exact) mass is 926 g/mol. The van der Waals surface area contributed by atoms with Crippen LogP contribution in [0.4, 0.5) is 55.7 Å². The summed E-state index contributed by atoms with van der Waals surface area (Å²) in [5.41, 5.74) is 2.97. The van der Waals surface area contributed by atoms with Gasteiger partial charge in [-0.25, -0.2) is 18.0 Å². The van der Waals surface area contributed by atoms with Crippen molar-refractivity contribution in [3.8, 4) is 0 Å². The van der Waals surface area contributed by atoms with Gasteiger partial charge in [0, 0.05) is 43.6 Å². The summed E-state index contributed by atoms with van der Waals surface area (Å²) in [4.78, 5) is 41.2. The first kappa shape index (κ1) is 49.1. The second kappa shape index (κ2) is 20.0. The normalized spacial score (nSPS) is 14.5. The number of fused-ring (bicyclic) bond motifs is 2. The minimum absolute atomic E-state index is 0.0848. The number of ether oxygens (including phenoxy) is 1. The predicted octanol–water partition coefficient (Wildman–Crippen LogP) is 11.6. The van der Waals surface area contributed by atoms with Gasteiger partial charge in [0.1, 0.15) is 23.1 Å². The van der Waals surface area contributed by atoms with E-state index in [1.165, 1.54) is 12.1 Å². The van der Waals surface area contributed by atoms with Crippen molar-refractivity contribution in [2.45, 2.75) is 90.5 Å². The van der Waals surface area contributed by atoms with E-state index in [1.807, 2.05) is 18.2 Å². The van der Waals surface area contributed by atoms with E-state index in [0.29, 0.717) is 56.0 Å². The lowest BCUT2D eigenvalue weighted by Gasteiger charge is -2.34. The molecule has 1 atom stereocenters. The van der Waals surface area contributed by atoms with Gasteiger partial charge in [0.05, 0.1) is 24.0 Å². The standard InChI is InChI=1S/C26H23F5N2O.C23H24F4N2O3/c1-16(18-6-8-20(27)9-7-18)33-12-11-21-19(15-33)3-2-4-24(21)32-25(34)14-17-5-10-22(23(28)13-17)26(29,30)31;1-22(2,3)32-21(31)29-10-9-16-15(13-29)5-4-6-19(16)28-20(30)12-14-7-8-17(18(24)11-14)23(25,26)27/h2-10,13,16H,11-12,14-15H2,1H3,(H,32,34);4-8,11H,9-10,12-13H2,1-3H3,(H,28,30). The zero-order chi connectivity index (χ0) is 48.1. The highest BCUT2D eigenvalue weighted by Gasteiger charge is 2.35. The average molecular weight is 927 g/mol. The molecule has 3 amide bonds. The molecule has 0 aliphatic carbocycles. The van der Waals surface area contributed by atoms with Gasteiger partial charge in [-0.15, -0.1) is 0 Å². The molecule has 0 fully saturated rings. The molecule has 2 heterocycles. The number of nitrogens with zero attached hydrogens (tertiary/aromatic N) is 2. The highest BCUT2D eigenvalue weighted by atomic mass is 19.4. The third kappa shape index (κ3) is 12.7. The summed E-state index contributed by atoms with van der Waals surface area (Å²) in [6.45, 7) is 9.57. The number of alkyl halides is 6. The van der Waals surface area contributed by atoms with Crippen LogP contribution in [0.25, 0.3) is 0 Å². The predicted molar refractivity (Wildman–Crippen MR) is 230 cm³/mol. The molecule has 66 heavy (non-hydrogen) atoms. The fraction of sp³-hybridized carbons (Fsp3) is 0.327. The van der Waals surface area contributed by atoms with Gasteiger partial charge >= 0.3 is 18.4 Å². The second-order valence-electron chi connectivity index (χ2n) is 17.1. The number of amides is 3. The van der Waals surface area contributed by atoms with Gasteiger partial charge < -0.3 is 20.3 Å². The number of anilines is 2. The number of benzene rings is 5. The van der Waals surface area contributed by atoms with Crippen LogP contribution in [-0.2, 0) is 65.5 Å². The molecule has 5 aromatic rings. The van der Waals surface area contributed by atoms with Crippen molar-refractivity contribution in [1.29, 1.82) is 0 Å². The molecule has 2 N–H and O–H groups in total. The maximum atomic E-state index is 13.8. The van der Waals surface area contributed by atoms with Crippen LogP contribution in [0.1, 0.15) is 83.8 Å². The van der Waals surface area contributed by atoms with Gasteiger partial charge in [-0.1, -0.05) is 48.5 Å². The summed E-state index contributed by atoms with van der Waals surface area (Å²) in [6.07, 6.45) is -9.32. The van der Waals surface area contributed by atoms with Crippen molar-refractivity contribution < 1.29 is 58.6 Å². The fourth-order valence-electron chi connectivity index (χ4n) is 7.80. The van der Waals surface area contributed by atoms with Gasteiger partial charge in [0.25, 0.3) is 0 Å². The molecule has 5 aromatic carbocycles. The van der Waals surface area contributed by atoms with Crippen LogP contribution < -0.4 is 10.6 Å². The van der Waals surface area contributed by atoms with E-state index in [1.54, 1.807) is 56.0 Å². The summed E-state index contributed by atoms with van der Waals surface area (Å²) in [5, 5.41) is 5.57. The van der Waals surface area contributed by atoms with Crippen LogP contribution >= 0.6 is 0 Å². The van der Waals surface area contributed by atoms with E-state index in [4.69, 9.17) is 4.74 Å². The van der Waals surface area contributed by atoms with Crippen molar-refractivity contribution in [1.82, 2.24) is 9.80 Å². The van der Waals surface area contributed by atoms with Crippen LogP contribution in [0.15, 0.2) is 97.1 Å². The van der Waals surface area contributed by atoms with E-state index in [2.05, 4.69) is 22.5 Å². The van der Waals surface area contributed by atoms with Gasteiger partial charge in [-0.3, -0.25) is 14.5 Å². The van der Waals surface area contributed by atoms with Crippen molar-refractivity contribution in [3.05, 3.63) is 165 Å². The molecular weight excluding hydrogens is 880 g/mol. The van der Waals surface area contributed by atoms with E-state index in [-0.39, 0.29) is 35.8 Å². The third-order valence-electron chi connectivity index (χ3n) is 11.1. The second-order valence-corrected chi connectivity index (χ2v) is 17.1. The van der Waals surface area contributed by atoms with Gasteiger partial charge in [-0.2, -0.15) is 26.3 Å². The average Bonchev–Trinajstić information content (AvgIpc) is 3.22. The van der Waals surface area contributed by atoms with Crippen LogP contribution in [0.5, 0.6) is 0 Å². The van der Waals surface area contributed by atoms with Crippen molar-refractivity contribution in [2.24, 2.45) is 0 Å². The molecule has 1 unspecified atom stereocenters. The van der Waals surface area contributed by atoms with Gasteiger partial charge in [0.15, 0.2) is 0 Å². The molecule has 0 saturated carbocycles. The van der Waals surface area contributed by atoms with E-state index in [9.17, 15) is 53.9 Å². The molecule has 0 bridgehead atoms. The minimum atomic E-state index is -4.79. The topological polar surface area (TPSA) is 91.0 Å². The van der Waals surface area contributed by atoms with Gasteiger partial charge in [0.2, 0.25) is 11.8 Å². The summed E-state index contributed by atoms with van der Waals surface area (Å²) in [7, 11) is 0. The lowest BCUT2D eigenvalue weighted by molar-refractivity contribution is -0.140. The quantitative estimate of drug-likeness (QED) is 0.151. The number of halogens is 9. The molecule has 0 saturated heterocycles. The van der Waals surface area contributed by atoms with Crippen molar-refractivity contribution in [2.75, 3.05) is 23.7 Å². The molecule has 0 spiro atoms. The van der Waals surface area contributed by atoms with E-state index in [0.717, 1.165) is 58.6 Å². The number of nitrogens with one attached hydrogen (secondary N) is 2. The van der Waals surface area contributed by atoms with Crippen molar-refractivity contribution in [3.63, 3.8) is 0 Å². The molecule has 2 aliphatic rings. The van der Waals surface area contributed by atoms with Crippen LogP contribution in [0, 0.1) is 17.5 Å². The number of carbonyl (C=O) groups excluding carboxylic acids is 3. The summed E-state index contributed by atoms with van der Waals surface area (Å²) in [6, 6.07) is 22.4. The Hall–Kier alpha value is -6.36. The summed E-state index contributed by atoms with van der Waals surface area (Å²) < 4.78 is 123. The molecule has 350 valence electrons. The Labute approximate surface area is 375 Å². The van der Waals surface area contributed by atoms with Crippen molar-refractivity contribution >= 4 is 29.3 Å². The lowest BCUT2D eigenvalue weighted by atomic mass is 9.95. The SMILES string of the molecule is CC(C)(C)OC(=O)N1CCc2c(cccc2NC(=O)Cc2ccc(C(F)(F)F)c(F)c2)C1.CC(c1ccc(F)cc1)N1CCc2c(cccc2NC(=O)Cc2ccc(C(F)(F)F)c(F)c2)C1. The third-order valence-corrected chi connectivity index (χ3v) is 11.1. The Morgan fingerprint density at radius 3 is 1.56 bits per heavy atom. The molecule has 0 radical (unpaired) electrons. The van der Waals surface area contributed by atoms with E-state index < -0.39 is 58.6 Å². The fourth-order valence-corrected chi connectivity index (χ4v) is 7.80. The Morgan fingerprint density at radius 2 is 1.11 bits per heavy atom. The van der Waals surface area contributed by atoms with Crippen LogP contribution in [-0.4, -0.2) is 46.4 Å². The zero-order valence-electron chi connectivity index (χ0n) is 36.4. The van der Waals surface area contributed by atoms with E-state index >= 15 is 0 Å². The Balaban J connectivity index is 0.000000219. The first-order valence-electron chi connectivity index (χ1n) is 20.9. The number of carbonyl (C=O) groups is 3. The largest absolute Gasteiger partial charge is 0.444 e.